The molecule has 0 saturated heterocycles. The lowest BCUT2D eigenvalue weighted by Crippen LogP contribution is -2.06. The smallest absolute Gasteiger partial charge is 0.389 e. The Morgan fingerprint density at radius 3 is 2.23 bits per heavy atom. The second kappa shape index (κ2) is 9.38. The van der Waals surface area contributed by atoms with Gasteiger partial charge in [-0.1, -0.05) is 32.1 Å². The zero-order valence-corrected chi connectivity index (χ0v) is 12.4. The number of aromatic nitrogens is 2. The largest absolute Gasteiger partial charge is 0.475 e. The van der Waals surface area contributed by atoms with E-state index >= 15 is 0 Å². The summed E-state index contributed by atoms with van der Waals surface area (Å²) >= 11 is 0. The molecular weight excluding hydrogens is 297 g/mol. The summed E-state index contributed by atoms with van der Waals surface area (Å²) in [5.41, 5.74) is 0.706. The van der Waals surface area contributed by atoms with Crippen molar-refractivity contribution in [3.63, 3.8) is 0 Å². The first-order valence-electron chi connectivity index (χ1n) is 7.50. The fraction of sp³-hybridized carbons (Fsp3) is 0.667. The lowest BCUT2D eigenvalue weighted by molar-refractivity contribution is -0.135. The number of rotatable bonds is 10. The van der Waals surface area contributed by atoms with E-state index in [1.165, 1.54) is 6.20 Å². The molecule has 4 nitrogen and oxygen atoms in total. The summed E-state index contributed by atoms with van der Waals surface area (Å²) in [6.07, 6.45) is 2.82. The van der Waals surface area contributed by atoms with Crippen LogP contribution in [0.3, 0.4) is 0 Å². The molecule has 1 heterocycles. The van der Waals surface area contributed by atoms with Crippen LogP contribution in [0.15, 0.2) is 12.3 Å². The van der Waals surface area contributed by atoms with Gasteiger partial charge in [0.1, 0.15) is 0 Å². The van der Waals surface area contributed by atoms with Crippen LogP contribution in [-0.4, -0.2) is 27.2 Å². The number of aryl methyl sites for hydroxylation is 1. The van der Waals surface area contributed by atoms with Crippen LogP contribution in [0.2, 0.25) is 0 Å². The van der Waals surface area contributed by atoms with E-state index in [1.54, 1.807) is 6.07 Å². The average molecular weight is 318 g/mol. The molecule has 1 aromatic heterocycles. The third-order valence-corrected chi connectivity index (χ3v) is 3.30. The molecule has 124 valence electrons. The maximum atomic E-state index is 11.9. The van der Waals surface area contributed by atoms with Crippen LogP contribution in [0.4, 0.5) is 13.2 Å². The SMILES string of the molecule is O=C(O)c1nccc(CCCCCCCCCC(F)(F)F)n1. The Morgan fingerprint density at radius 1 is 1.05 bits per heavy atom. The van der Waals surface area contributed by atoms with Crippen molar-refractivity contribution in [3.8, 4) is 0 Å². The van der Waals surface area contributed by atoms with E-state index in [2.05, 4.69) is 9.97 Å². The second-order valence-corrected chi connectivity index (χ2v) is 5.27. The van der Waals surface area contributed by atoms with Gasteiger partial charge in [-0.25, -0.2) is 14.8 Å². The molecule has 1 N–H and O–H groups in total. The number of aromatic carboxylic acids is 1. The molecule has 0 saturated carbocycles. The molecular formula is C15H21F3N2O2. The number of carboxylic acids is 1. The number of hydrogen-bond acceptors (Lipinski definition) is 3. The predicted molar refractivity (Wildman–Crippen MR) is 75.7 cm³/mol. The van der Waals surface area contributed by atoms with Crippen molar-refractivity contribution in [2.24, 2.45) is 0 Å². The number of carbonyl (C=O) groups is 1. The standard InChI is InChI=1S/C15H21F3N2O2/c16-15(17,18)10-7-5-3-1-2-4-6-8-12-9-11-19-13(20-12)14(21)22/h9,11H,1-8,10H2,(H,21,22). The minimum absolute atomic E-state index is 0.192. The van der Waals surface area contributed by atoms with Crippen molar-refractivity contribution >= 4 is 5.97 Å². The molecule has 0 aliphatic rings. The van der Waals surface area contributed by atoms with E-state index in [1.807, 2.05) is 0 Å². The molecule has 0 unspecified atom stereocenters. The number of hydrogen-bond donors (Lipinski definition) is 1. The van der Waals surface area contributed by atoms with Gasteiger partial charge < -0.3 is 5.11 Å². The fourth-order valence-electron chi connectivity index (χ4n) is 2.15. The van der Waals surface area contributed by atoms with Crippen LogP contribution >= 0.6 is 0 Å². The number of halogens is 3. The predicted octanol–water partition coefficient (Wildman–Crippen LogP) is 4.40. The van der Waals surface area contributed by atoms with E-state index < -0.39 is 18.6 Å². The van der Waals surface area contributed by atoms with Crippen molar-refractivity contribution in [1.29, 1.82) is 0 Å². The third-order valence-electron chi connectivity index (χ3n) is 3.30. The Morgan fingerprint density at radius 2 is 1.64 bits per heavy atom. The van der Waals surface area contributed by atoms with Crippen LogP contribution in [-0.2, 0) is 6.42 Å². The quantitative estimate of drug-likeness (QED) is 0.649. The van der Waals surface area contributed by atoms with Crippen molar-refractivity contribution in [1.82, 2.24) is 9.97 Å². The van der Waals surface area contributed by atoms with Gasteiger partial charge >= 0.3 is 12.1 Å². The van der Waals surface area contributed by atoms with Gasteiger partial charge in [0.15, 0.2) is 0 Å². The molecule has 0 aliphatic carbocycles. The summed E-state index contributed by atoms with van der Waals surface area (Å²) in [6, 6.07) is 1.70. The number of carboxylic acid groups (broad SMARTS) is 1. The number of nitrogens with zero attached hydrogens (tertiary/aromatic N) is 2. The summed E-state index contributed by atoms with van der Waals surface area (Å²) in [4.78, 5) is 18.3. The van der Waals surface area contributed by atoms with Gasteiger partial charge in [0, 0.05) is 18.3 Å². The zero-order chi connectivity index (χ0) is 16.4. The average Bonchev–Trinajstić information content (AvgIpc) is 2.44. The molecule has 0 bridgehead atoms. The van der Waals surface area contributed by atoms with Crippen molar-refractivity contribution in [2.45, 2.75) is 64.0 Å². The molecule has 22 heavy (non-hydrogen) atoms. The minimum Gasteiger partial charge on any atom is -0.475 e. The fourth-order valence-corrected chi connectivity index (χ4v) is 2.15. The Kier molecular flexibility index (Phi) is 7.84. The summed E-state index contributed by atoms with van der Waals surface area (Å²) in [7, 11) is 0. The highest BCUT2D eigenvalue weighted by Crippen LogP contribution is 2.23. The minimum atomic E-state index is -4.04. The highest BCUT2D eigenvalue weighted by molar-refractivity contribution is 5.82. The molecule has 1 aromatic rings. The second-order valence-electron chi connectivity index (χ2n) is 5.27. The van der Waals surface area contributed by atoms with Crippen LogP contribution in [0.1, 0.15) is 67.7 Å². The monoisotopic (exact) mass is 318 g/mol. The molecule has 7 heteroatoms. The maximum Gasteiger partial charge on any atom is 0.389 e. The van der Waals surface area contributed by atoms with Crippen molar-refractivity contribution in [3.05, 3.63) is 23.8 Å². The molecule has 0 spiro atoms. The molecule has 0 atom stereocenters. The van der Waals surface area contributed by atoms with Crippen LogP contribution in [0.25, 0.3) is 0 Å². The third kappa shape index (κ3) is 8.59. The lowest BCUT2D eigenvalue weighted by Gasteiger charge is -2.05. The topological polar surface area (TPSA) is 63.1 Å². The Bertz CT molecular complexity index is 464. The normalized spacial score (nSPS) is 11.6. The van der Waals surface area contributed by atoms with Gasteiger partial charge in [-0.15, -0.1) is 0 Å². The molecule has 0 radical (unpaired) electrons. The van der Waals surface area contributed by atoms with E-state index in [9.17, 15) is 18.0 Å². The molecule has 0 fully saturated rings. The summed E-state index contributed by atoms with van der Waals surface area (Å²) in [5.74, 6) is -1.33. The van der Waals surface area contributed by atoms with E-state index in [-0.39, 0.29) is 12.2 Å². The van der Waals surface area contributed by atoms with Crippen molar-refractivity contribution in [2.75, 3.05) is 0 Å². The Balaban J connectivity index is 2.04. The van der Waals surface area contributed by atoms with Crippen LogP contribution in [0, 0.1) is 0 Å². The maximum absolute atomic E-state index is 11.9. The van der Waals surface area contributed by atoms with Crippen LogP contribution < -0.4 is 0 Å². The van der Waals surface area contributed by atoms with Gasteiger partial charge in [-0.2, -0.15) is 13.2 Å². The highest BCUT2D eigenvalue weighted by atomic mass is 19.4. The van der Waals surface area contributed by atoms with Gasteiger partial charge in [0.25, 0.3) is 0 Å². The Labute approximate surface area is 127 Å². The van der Waals surface area contributed by atoms with E-state index in [0.29, 0.717) is 18.5 Å². The number of unbranched alkanes of at least 4 members (excludes halogenated alkanes) is 6. The first-order valence-corrected chi connectivity index (χ1v) is 7.50. The first-order chi connectivity index (χ1) is 10.4. The van der Waals surface area contributed by atoms with Crippen molar-refractivity contribution < 1.29 is 23.1 Å². The molecule has 1 rings (SSSR count). The van der Waals surface area contributed by atoms with Gasteiger partial charge in [-0.3, -0.25) is 0 Å². The summed E-state index contributed by atoms with van der Waals surface area (Å²) < 4.78 is 35.8. The molecule has 0 aromatic carbocycles. The van der Waals surface area contributed by atoms with Gasteiger partial charge in [-0.05, 0) is 25.3 Å². The lowest BCUT2D eigenvalue weighted by atomic mass is 10.1. The highest BCUT2D eigenvalue weighted by Gasteiger charge is 2.25. The van der Waals surface area contributed by atoms with Gasteiger partial charge in [0.2, 0.25) is 5.82 Å². The van der Waals surface area contributed by atoms with Crippen LogP contribution in [0.5, 0.6) is 0 Å². The van der Waals surface area contributed by atoms with Gasteiger partial charge in [0.05, 0.1) is 0 Å². The summed E-state index contributed by atoms with van der Waals surface area (Å²) in [6.45, 7) is 0. The molecule has 0 aliphatic heterocycles. The molecule has 0 amide bonds. The van der Waals surface area contributed by atoms with E-state index in [4.69, 9.17) is 5.11 Å². The zero-order valence-electron chi connectivity index (χ0n) is 12.4. The summed E-state index contributed by atoms with van der Waals surface area (Å²) in [5, 5.41) is 8.78. The number of alkyl halides is 3. The van der Waals surface area contributed by atoms with E-state index in [0.717, 1.165) is 32.1 Å². The first kappa shape index (κ1) is 18.4. The Hall–Kier alpha value is -1.66.